The van der Waals surface area contributed by atoms with E-state index in [1.165, 1.54) is 6.07 Å². The van der Waals surface area contributed by atoms with Crippen molar-refractivity contribution in [3.8, 4) is 11.4 Å². The lowest BCUT2D eigenvalue weighted by Gasteiger charge is -2.20. The molecule has 10 nitrogen and oxygen atoms in total. The van der Waals surface area contributed by atoms with Gasteiger partial charge in [-0.25, -0.2) is 18.7 Å². The normalized spacial score (nSPS) is 12.3. The summed E-state index contributed by atoms with van der Waals surface area (Å²) in [6, 6.07) is 9.91. The number of aromatic nitrogens is 5. The quantitative estimate of drug-likeness (QED) is 0.289. The molecule has 0 saturated heterocycles. The first-order valence-electron chi connectivity index (χ1n) is 11.8. The molecule has 3 heterocycles. The molecule has 0 bridgehead atoms. The number of nitrogens with zero attached hydrogens (tertiary/aromatic N) is 5. The van der Waals surface area contributed by atoms with Crippen LogP contribution in [-0.4, -0.2) is 37.1 Å². The zero-order valence-electron chi connectivity index (χ0n) is 20.4. The summed E-state index contributed by atoms with van der Waals surface area (Å²) in [6.07, 6.45) is 5.74. The predicted molar refractivity (Wildman–Crippen MR) is 137 cm³/mol. The topological polar surface area (TPSA) is 136 Å². The largest absolute Gasteiger partial charge is 0.482 e. The van der Waals surface area contributed by atoms with Crippen molar-refractivity contribution in [2.24, 2.45) is 5.73 Å². The number of carbonyl (C=O) groups excluding carboxylic acids is 1. The number of hydrogen-bond donors (Lipinski definition) is 2. The second kappa shape index (κ2) is 9.86. The maximum Gasteiger partial charge on any atom is 0.251 e. The van der Waals surface area contributed by atoms with E-state index in [1.54, 1.807) is 27.8 Å². The average Bonchev–Trinajstić information content (AvgIpc) is 3.54. The molecule has 0 radical (unpaired) electrons. The van der Waals surface area contributed by atoms with E-state index in [2.05, 4.69) is 15.2 Å². The Morgan fingerprint density at radius 2 is 2.00 bits per heavy atom. The molecule has 5 rings (SSSR count). The van der Waals surface area contributed by atoms with Crippen LogP contribution >= 0.6 is 0 Å². The highest BCUT2D eigenvalue weighted by Gasteiger charge is 2.20. The van der Waals surface area contributed by atoms with Gasteiger partial charge in [0, 0.05) is 41.4 Å². The number of rotatable bonds is 9. The molecule has 11 heteroatoms. The van der Waals surface area contributed by atoms with Crippen molar-refractivity contribution in [2.45, 2.75) is 33.1 Å². The maximum absolute atomic E-state index is 14.2. The summed E-state index contributed by atoms with van der Waals surface area (Å²) < 4.78 is 29.7. The fraction of sp³-hybridized carbons (Fsp3) is 0.231. The lowest BCUT2D eigenvalue weighted by Crippen LogP contribution is -2.13. The Labute approximate surface area is 211 Å². The molecule has 0 aliphatic rings. The van der Waals surface area contributed by atoms with Crippen LogP contribution in [-0.2, 0) is 11.5 Å². The van der Waals surface area contributed by atoms with Gasteiger partial charge in [-0.05, 0) is 43.7 Å². The molecular weight excluding hydrogens is 477 g/mol. The molecular formula is C26H26FN7O3. The summed E-state index contributed by atoms with van der Waals surface area (Å²) >= 11 is 0. The minimum atomic E-state index is -0.872. The Balaban J connectivity index is 1.55. The Morgan fingerprint density at radius 3 is 2.73 bits per heavy atom. The van der Waals surface area contributed by atoms with E-state index in [4.69, 9.17) is 20.9 Å². The summed E-state index contributed by atoms with van der Waals surface area (Å²) in [5.41, 5.74) is 14.0. The molecule has 0 aliphatic carbocycles. The standard InChI is InChI=1S/C26H26FN7O3/c1-3-7-36-14-34-22-11-18(23(9-17(22)13-31-34)33-6-4-5-30-33)15(2)37-24-10-16-8-19(26(29)35)20(27)12-21(16)32-25(24)28/h4-6,8-13,15H,3,7,14H2,1-2H3,(H2,28,32)(H2,29,35). The molecule has 37 heavy (non-hydrogen) atoms. The van der Waals surface area contributed by atoms with Crippen molar-refractivity contribution in [1.82, 2.24) is 24.5 Å². The van der Waals surface area contributed by atoms with E-state index < -0.39 is 17.8 Å². The van der Waals surface area contributed by atoms with E-state index in [-0.39, 0.29) is 22.6 Å². The van der Waals surface area contributed by atoms with Crippen molar-refractivity contribution in [3.05, 3.63) is 71.9 Å². The van der Waals surface area contributed by atoms with Crippen molar-refractivity contribution < 1.29 is 18.7 Å². The zero-order chi connectivity index (χ0) is 26.1. The number of fused-ring (bicyclic) bond motifs is 2. The van der Waals surface area contributed by atoms with Crippen LogP contribution in [0.25, 0.3) is 27.5 Å². The second-order valence-corrected chi connectivity index (χ2v) is 8.62. The molecule has 0 aliphatic heterocycles. The van der Waals surface area contributed by atoms with Gasteiger partial charge in [0.1, 0.15) is 18.7 Å². The average molecular weight is 504 g/mol. The van der Waals surface area contributed by atoms with E-state index >= 15 is 0 Å². The second-order valence-electron chi connectivity index (χ2n) is 8.62. The molecule has 0 saturated carbocycles. The summed E-state index contributed by atoms with van der Waals surface area (Å²) in [5.74, 6) is -1.26. The lowest BCUT2D eigenvalue weighted by molar-refractivity contribution is 0.0723. The summed E-state index contributed by atoms with van der Waals surface area (Å²) in [7, 11) is 0. The molecule has 0 spiro atoms. The van der Waals surface area contributed by atoms with Gasteiger partial charge in [-0.15, -0.1) is 0 Å². The predicted octanol–water partition coefficient (Wildman–Crippen LogP) is 4.11. The molecule has 2 aromatic carbocycles. The Bertz CT molecular complexity index is 1600. The van der Waals surface area contributed by atoms with Crippen LogP contribution < -0.4 is 16.2 Å². The van der Waals surface area contributed by atoms with Crippen molar-refractivity contribution in [2.75, 3.05) is 12.3 Å². The minimum Gasteiger partial charge on any atom is -0.482 e. The molecule has 5 aromatic rings. The monoisotopic (exact) mass is 503 g/mol. The molecule has 1 unspecified atom stereocenters. The number of carbonyl (C=O) groups is 1. The van der Waals surface area contributed by atoms with Crippen LogP contribution in [0.3, 0.4) is 0 Å². The van der Waals surface area contributed by atoms with Crippen LogP contribution in [0.4, 0.5) is 10.2 Å². The Hall–Kier alpha value is -4.51. The first-order chi connectivity index (χ1) is 17.9. The molecule has 3 aromatic heterocycles. The van der Waals surface area contributed by atoms with Gasteiger partial charge < -0.3 is 20.9 Å². The molecule has 1 atom stereocenters. The number of nitrogens with two attached hydrogens (primary N) is 2. The van der Waals surface area contributed by atoms with Gasteiger partial charge in [-0.2, -0.15) is 10.2 Å². The van der Waals surface area contributed by atoms with E-state index in [0.717, 1.165) is 34.6 Å². The lowest BCUT2D eigenvalue weighted by atomic mass is 10.1. The van der Waals surface area contributed by atoms with Gasteiger partial charge in [-0.3, -0.25) is 4.79 Å². The van der Waals surface area contributed by atoms with E-state index in [1.807, 2.05) is 38.2 Å². The van der Waals surface area contributed by atoms with Gasteiger partial charge >= 0.3 is 0 Å². The number of ether oxygens (including phenoxy) is 2. The number of primary amides is 1. The third-order valence-corrected chi connectivity index (χ3v) is 6.01. The number of pyridine rings is 1. The third kappa shape index (κ3) is 4.68. The fourth-order valence-corrected chi connectivity index (χ4v) is 4.19. The van der Waals surface area contributed by atoms with Crippen molar-refractivity contribution in [3.63, 3.8) is 0 Å². The van der Waals surface area contributed by atoms with Gasteiger partial charge in [0.05, 0.1) is 28.5 Å². The fourth-order valence-electron chi connectivity index (χ4n) is 4.19. The number of halogens is 1. The van der Waals surface area contributed by atoms with Crippen molar-refractivity contribution in [1.29, 1.82) is 0 Å². The Kier molecular flexibility index (Phi) is 6.45. The van der Waals surface area contributed by atoms with Gasteiger partial charge in [0.25, 0.3) is 5.91 Å². The van der Waals surface area contributed by atoms with Gasteiger partial charge in [0.15, 0.2) is 11.6 Å². The minimum absolute atomic E-state index is 0.0882. The van der Waals surface area contributed by atoms with Crippen LogP contribution in [0.5, 0.6) is 5.75 Å². The number of hydrogen-bond acceptors (Lipinski definition) is 7. The van der Waals surface area contributed by atoms with E-state index in [0.29, 0.717) is 18.7 Å². The van der Waals surface area contributed by atoms with Gasteiger partial charge in [-0.1, -0.05) is 6.92 Å². The highest BCUT2D eigenvalue weighted by Crippen LogP contribution is 2.34. The molecule has 190 valence electrons. The number of anilines is 1. The van der Waals surface area contributed by atoms with Crippen LogP contribution in [0.15, 0.2) is 55.0 Å². The maximum atomic E-state index is 14.2. The number of nitrogen functional groups attached to an aromatic ring is 1. The first kappa shape index (κ1) is 24.2. The summed E-state index contributed by atoms with van der Waals surface area (Å²) in [5, 5.41) is 10.3. The SMILES string of the molecule is CCCOCn1ncc2cc(-n3cccn3)c(C(C)Oc3cc4cc(C(N)=O)c(F)cc4nc3N)cc21. The third-order valence-electron chi connectivity index (χ3n) is 6.01. The molecule has 4 N–H and O–H groups in total. The van der Waals surface area contributed by atoms with Crippen molar-refractivity contribution >= 4 is 33.5 Å². The van der Waals surface area contributed by atoms with Crippen LogP contribution in [0.1, 0.15) is 42.3 Å². The molecule has 0 fully saturated rings. The Morgan fingerprint density at radius 1 is 1.16 bits per heavy atom. The van der Waals surface area contributed by atoms with Gasteiger partial charge in [0.2, 0.25) is 0 Å². The first-order valence-corrected chi connectivity index (χ1v) is 11.8. The molecule has 1 amide bonds. The van der Waals surface area contributed by atoms with E-state index in [9.17, 15) is 9.18 Å². The number of amides is 1. The van der Waals surface area contributed by atoms with Crippen LogP contribution in [0, 0.1) is 5.82 Å². The highest BCUT2D eigenvalue weighted by atomic mass is 19.1. The highest BCUT2D eigenvalue weighted by molar-refractivity contribution is 5.97. The zero-order valence-corrected chi connectivity index (χ0v) is 20.4. The smallest absolute Gasteiger partial charge is 0.251 e. The summed E-state index contributed by atoms with van der Waals surface area (Å²) in [4.78, 5) is 15.9. The van der Waals surface area contributed by atoms with Crippen LogP contribution in [0.2, 0.25) is 0 Å². The summed E-state index contributed by atoms with van der Waals surface area (Å²) in [6.45, 7) is 4.89. The number of benzene rings is 2.